The number of aromatic nitrogens is 2. The Bertz CT molecular complexity index is 930. The molecule has 140 valence electrons. The van der Waals surface area contributed by atoms with Crippen LogP contribution in [0.25, 0.3) is 22.8 Å². The molecule has 0 fully saturated rings. The van der Waals surface area contributed by atoms with Gasteiger partial charge in [0.25, 0.3) is 5.89 Å². The molecular weight excluding hydrogens is 366 g/mol. The van der Waals surface area contributed by atoms with Gasteiger partial charge in [0.2, 0.25) is 5.82 Å². The third-order valence-electron chi connectivity index (χ3n) is 3.55. The lowest BCUT2D eigenvalue weighted by molar-refractivity contribution is 0.0523. The van der Waals surface area contributed by atoms with Crippen LogP contribution in [-0.4, -0.2) is 21.8 Å². The number of hydrogen-bond donors (Lipinski definition) is 1. The van der Waals surface area contributed by atoms with Crippen LogP contribution >= 0.6 is 11.6 Å². The first-order valence-electron chi connectivity index (χ1n) is 8.46. The lowest BCUT2D eigenvalue weighted by Crippen LogP contribution is -2.32. The van der Waals surface area contributed by atoms with Crippen LogP contribution in [-0.2, 0) is 11.3 Å². The van der Waals surface area contributed by atoms with Crippen LogP contribution in [0.3, 0.4) is 0 Å². The first kappa shape index (κ1) is 18.9. The smallest absolute Gasteiger partial charge is 0.407 e. The van der Waals surface area contributed by atoms with E-state index in [-0.39, 0.29) is 0 Å². The van der Waals surface area contributed by atoms with E-state index >= 15 is 0 Å². The molecule has 6 nitrogen and oxygen atoms in total. The molecule has 7 heteroatoms. The van der Waals surface area contributed by atoms with Gasteiger partial charge in [-0.2, -0.15) is 4.98 Å². The summed E-state index contributed by atoms with van der Waals surface area (Å²) in [6, 6.07) is 14.8. The second kappa shape index (κ2) is 7.80. The van der Waals surface area contributed by atoms with Crippen LogP contribution in [0, 0.1) is 0 Å². The van der Waals surface area contributed by atoms with E-state index in [0.29, 0.717) is 23.3 Å². The maximum Gasteiger partial charge on any atom is 0.407 e. The standard InChI is InChI=1S/C20H20ClN3O3/c1-20(2,3)26-19(25)22-12-13-7-9-14(10-8-13)18-23-17(24-27-18)15-5-4-6-16(21)11-15/h4-11H,12H2,1-3H3,(H,22,25). The summed E-state index contributed by atoms with van der Waals surface area (Å²) in [4.78, 5) is 16.1. The van der Waals surface area contributed by atoms with E-state index < -0.39 is 11.7 Å². The SMILES string of the molecule is CC(C)(C)OC(=O)NCc1ccc(-c2nc(-c3cccc(Cl)c3)no2)cc1. The number of alkyl carbamates (subject to hydrolysis) is 1. The molecule has 0 aliphatic rings. The summed E-state index contributed by atoms with van der Waals surface area (Å²) in [6.45, 7) is 5.84. The Hall–Kier alpha value is -2.86. The van der Waals surface area contributed by atoms with Gasteiger partial charge in [-0.1, -0.05) is 41.0 Å². The van der Waals surface area contributed by atoms with Gasteiger partial charge in [-0.05, 0) is 50.6 Å². The zero-order chi connectivity index (χ0) is 19.4. The minimum Gasteiger partial charge on any atom is -0.444 e. The summed E-state index contributed by atoms with van der Waals surface area (Å²) in [5, 5.41) is 7.33. The molecule has 0 aliphatic carbocycles. The predicted molar refractivity (Wildman–Crippen MR) is 103 cm³/mol. The Morgan fingerprint density at radius 3 is 2.56 bits per heavy atom. The zero-order valence-electron chi connectivity index (χ0n) is 15.3. The molecule has 0 unspecified atom stereocenters. The van der Waals surface area contributed by atoms with E-state index in [9.17, 15) is 4.79 Å². The number of carbonyl (C=O) groups is 1. The highest BCUT2D eigenvalue weighted by Crippen LogP contribution is 2.24. The summed E-state index contributed by atoms with van der Waals surface area (Å²) in [5.74, 6) is 0.889. The van der Waals surface area contributed by atoms with Crippen molar-refractivity contribution in [3.63, 3.8) is 0 Å². The Labute approximate surface area is 162 Å². The number of nitrogens with one attached hydrogen (secondary N) is 1. The van der Waals surface area contributed by atoms with Crippen molar-refractivity contribution in [3.8, 4) is 22.8 Å². The second-order valence-corrected chi connectivity index (χ2v) is 7.42. The minimum absolute atomic E-state index is 0.368. The summed E-state index contributed by atoms with van der Waals surface area (Å²) < 4.78 is 10.6. The topological polar surface area (TPSA) is 77.2 Å². The van der Waals surface area contributed by atoms with Gasteiger partial charge < -0.3 is 14.6 Å². The summed E-state index contributed by atoms with van der Waals surface area (Å²) in [7, 11) is 0. The molecule has 0 atom stereocenters. The molecule has 0 saturated heterocycles. The van der Waals surface area contributed by atoms with Gasteiger partial charge in [0, 0.05) is 22.7 Å². The molecule has 0 aliphatic heterocycles. The van der Waals surface area contributed by atoms with E-state index in [1.165, 1.54) is 0 Å². The second-order valence-electron chi connectivity index (χ2n) is 6.99. The molecule has 1 heterocycles. The van der Waals surface area contributed by atoms with Crippen molar-refractivity contribution in [2.24, 2.45) is 0 Å². The number of hydrogen-bond acceptors (Lipinski definition) is 5. The molecular formula is C20H20ClN3O3. The van der Waals surface area contributed by atoms with E-state index in [2.05, 4.69) is 15.5 Å². The van der Waals surface area contributed by atoms with Gasteiger partial charge in [-0.25, -0.2) is 4.79 Å². The first-order valence-corrected chi connectivity index (χ1v) is 8.84. The molecule has 1 N–H and O–H groups in total. The van der Waals surface area contributed by atoms with E-state index in [1.807, 2.05) is 57.2 Å². The summed E-state index contributed by atoms with van der Waals surface area (Å²) in [5.41, 5.74) is 1.98. The number of ether oxygens (including phenoxy) is 1. The molecule has 0 radical (unpaired) electrons. The molecule has 3 aromatic rings. The third-order valence-corrected chi connectivity index (χ3v) is 3.78. The number of nitrogens with zero attached hydrogens (tertiary/aromatic N) is 2. The number of rotatable bonds is 4. The normalized spacial score (nSPS) is 11.3. The van der Waals surface area contributed by atoms with E-state index in [1.54, 1.807) is 12.1 Å². The maximum absolute atomic E-state index is 11.7. The number of benzene rings is 2. The molecule has 2 aromatic carbocycles. The minimum atomic E-state index is -0.521. The Balaban J connectivity index is 1.65. The molecule has 1 aromatic heterocycles. The van der Waals surface area contributed by atoms with Gasteiger partial charge in [0.05, 0.1) is 0 Å². The average molecular weight is 386 g/mol. The van der Waals surface area contributed by atoms with Crippen molar-refractivity contribution in [1.82, 2.24) is 15.5 Å². The third kappa shape index (κ3) is 5.31. The fraction of sp³-hybridized carbons (Fsp3) is 0.250. The van der Waals surface area contributed by atoms with Crippen molar-refractivity contribution in [2.75, 3.05) is 0 Å². The fourth-order valence-electron chi connectivity index (χ4n) is 2.34. The van der Waals surface area contributed by atoms with Crippen molar-refractivity contribution >= 4 is 17.7 Å². The van der Waals surface area contributed by atoms with Crippen LogP contribution in [0.5, 0.6) is 0 Å². The van der Waals surface area contributed by atoms with Crippen molar-refractivity contribution in [3.05, 3.63) is 59.1 Å². The zero-order valence-corrected chi connectivity index (χ0v) is 16.1. The molecule has 27 heavy (non-hydrogen) atoms. The maximum atomic E-state index is 11.7. The number of halogens is 1. The highest BCUT2D eigenvalue weighted by Gasteiger charge is 2.16. The van der Waals surface area contributed by atoms with Crippen LogP contribution in [0.15, 0.2) is 53.1 Å². The van der Waals surface area contributed by atoms with Crippen molar-refractivity contribution in [1.29, 1.82) is 0 Å². The highest BCUT2D eigenvalue weighted by atomic mass is 35.5. The van der Waals surface area contributed by atoms with Crippen LogP contribution < -0.4 is 5.32 Å². The highest BCUT2D eigenvalue weighted by molar-refractivity contribution is 6.30. The molecule has 3 rings (SSSR count). The van der Waals surface area contributed by atoms with Crippen molar-refractivity contribution in [2.45, 2.75) is 32.9 Å². The molecule has 1 amide bonds. The number of amides is 1. The molecule has 0 saturated carbocycles. The fourth-order valence-corrected chi connectivity index (χ4v) is 2.53. The van der Waals surface area contributed by atoms with Gasteiger partial charge in [0.15, 0.2) is 0 Å². The number of carbonyl (C=O) groups excluding carboxylic acids is 1. The predicted octanol–water partition coefficient (Wildman–Crippen LogP) is 5.08. The Morgan fingerprint density at radius 1 is 1.15 bits per heavy atom. The van der Waals surface area contributed by atoms with E-state index in [0.717, 1.165) is 16.7 Å². The van der Waals surface area contributed by atoms with Gasteiger partial charge >= 0.3 is 6.09 Å². The monoisotopic (exact) mass is 385 g/mol. The Morgan fingerprint density at radius 2 is 1.89 bits per heavy atom. The largest absolute Gasteiger partial charge is 0.444 e. The Kier molecular flexibility index (Phi) is 5.46. The van der Waals surface area contributed by atoms with Crippen LogP contribution in [0.2, 0.25) is 5.02 Å². The lowest BCUT2D eigenvalue weighted by Gasteiger charge is -2.19. The lowest BCUT2D eigenvalue weighted by atomic mass is 10.1. The molecule has 0 spiro atoms. The van der Waals surface area contributed by atoms with Crippen LogP contribution in [0.4, 0.5) is 4.79 Å². The average Bonchev–Trinajstić information content (AvgIpc) is 3.09. The quantitative estimate of drug-likeness (QED) is 0.677. The van der Waals surface area contributed by atoms with Crippen LogP contribution in [0.1, 0.15) is 26.3 Å². The molecule has 0 bridgehead atoms. The summed E-state index contributed by atoms with van der Waals surface area (Å²) in [6.07, 6.45) is -0.449. The van der Waals surface area contributed by atoms with Gasteiger partial charge in [-0.15, -0.1) is 0 Å². The van der Waals surface area contributed by atoms with Gasteiger partial charge in [-0.3, -0.25) is 0 Å². The first-order chi connectivity index (χ1) is 12.8. The van der Waals surface area contributed by atoms with Gasteiger partial charge in [0.1, 0.15) is 5.60 Å². The van der Waals surface area contributed by atoms with Crippen molar-refractivity contribution < 1.29 is 14.1 Å². The van der Waals surface area contributed by atoms with E-state index in [4.69, 9.17) is 20.9 Å². The summed E-state index contributed by atoms with van der Waals surface area (Å²) >= 11 is 6.00.